The first-order chi connectivity index (χ1) is 9.49. The van der Waals surface area contributed by atoms with Gasteiger partial charge in [0.15, 0.2) is 0 Å². The molecule has 0 radical (unpaired) electrons. The fourth-order valence-electron chi connectivity index (χ4n) is 2.78. The minimum Gasteiger partial charge on any atom is -0.341 e. The summed E-state index contributed by atoms with van der Waals surface area (Å²) < 4.78 is 0. The third-order valence-electron chi connectivity index (χ3n) is 4.28. The quantitative estimate of drug-likeness (QED) is 0.915. The van der Waals surface area contributed by atoms with Crippen LogP contribution in [0.25, 0.3) is 0 Å². The molecule has 0 bridgehead atoms. The van der Waals surface area contributed by atoms with Gasteiger partial charge in [-0.05, 0) is 29.5 Å². The van der Waals surface area contributed by atoms with Crippen molar-refractivity contribution in [3.8, 4) is 0 Å². The highest BCUT2D eigenvalue weighted by atomic mass is 16.2. The Kier molecular flexibility index (Phi) is 4.81. The average Bonchev–Trinajstić information content (AvgIpc) is 2.84. The first-order valence-corrected chi connectivity index (χ1v) is 7.53. The first-order valence-electron chi connectivity index (χ1n) is 7.53. The summed E-state index contributed by atoms with van der Waals surface area (Å²) in [6, 6.07) is 8.60. The van der Waals surface area contributed by atoms with E-state index >= 15 is 0 Å². The normalized spacial score (nSPS) is 22.2. The summed E-state index contributed by atoms with van der Waals surface area (Å²) in [5.41, 5.74) is 2.54. The van der Waals surface area contributed by atoms with Gasteiger partial charge in [-0.1, -0.05) is 45.0 Å². The van der Waals surface area contributed by atoms with Crippen LogP contribution in [0.15, 0.2) is 24.3 Å². The molecule has 110 valence electrons. The molecule has 1 aromatic rings. The summed E-state index contributed by atoms with van der Waals surface area (Å²) in [4.78, 5) is 14.3. The lowest BCUT2D eigenvalue weighted by Gasteiger charge is -2.23. The lowest BCUT2D eigenvalue weighted by Crippen LogP contribution is -2.35. The maximum Gasteiger partial charge on any atom is 0.227 e. The Labute approximate surface area is 122 Å². The number of carbonyl (C=O) groups excluding carboxylic acids is 1. The van der Waals surface area contributed by atoms with Gasteiger partial charge in [-0.3, -0.25) is 4.79 Å². The molecule has 20 heavy (non-hydrogen) atoms. The Hall–Kier alpha value is -1.35. The predicted octanol–water partition coefficient (Wildman–Crippen LogP) is 2.62. The zero-order valence-electron chi connectivity index (χ0n) is 13.0. The fourth-order valence-corrected chi connectivity index (χ4v) is 2.78. The minimum atomic E-state index is 0.134. The van der Waals surface area contributed by atoms with E-state index in [1.807, 2.05) is 11.9 Å². The van der Waals surface area contributed by atoms with Crippen molar-refractivity contribution in [3.05, 3.63) is 35.4 Å². The lowest BCUT2D eigenvalue weighted by atomic mass is 9.96. The minimum absolute atomic E-state index is 0.134. The molecular weight excluding hydrogens is 248 g/mol. The van der Waals surface area contributed by atoms with Crippen LogP contribution in [0.2, 0.25) is 0 Å². The van der Waals surface area contributed by atoms with Crippen LogP contribution in [0.1, 0.15) is 37.8 Å². The zero-order valence-corrected chi connectivity index (χ0v) is 13.0. The van der Waals surface area contributed by atoms with Gasteiger partial charge in [0.2, 0.25) is 5.91 Å². The summed E-state index contributed by atoms with van der Waals surface area (Å²) in [6.45, 7) is 9.00. The molecule has 0 spiro atoms. The molecule has 1 N–H and O–H groups in total. The molecule has 1 amide bonds. The Bertz CT molecular complexity index is 453. The van der Waals surface area contributed by atoms with E-state index in [2.05, 4.69) is 50.4 Å². The van der Waals surface area contributed by atoms with E-state index in [9.17, 15) is 4.79 Å². The van der Waals surface area contributed by atoms with Gasteiger partial charge in [0.1, 0.15) is 0 Å². The highest BCUT2D eigenvalue weighted by Gasteiger charge is 2.31. The number of rotatable bonds is 4. The van der Waals surface area contributed by atoms with Crippen LogP contribution < -0.4 is 5.32 Å². The molecule has 0 aromatic heterocycles. The van der Waals surface area contributed by atoms with Crippen LogP contribution in [0.5, 0.6) is 0 Å². The number of hydrogen-bond acceptors (Lipinski definition) is 2. The van der Waals surface area contributed by atoms with Gasteiger partial charge in [-0.25, -0.2) is 0 Å². The van der Waals surface area contributed by atoms with Crippen molar-refractivity contribution in [1.82, 2.24) is 10.2 Å². The number of nitrogens with zero attached hydrogens (tertiary/aromatic N) is 1. The van der Waals surface area contributed by atoms with Gasteiger partial charge in [0.05, 0.1) is 5.92 Å². The highest BCUT2D eigenvalue weighted by molar-refractivity contribution is 5.79. The summed E-state index contributed by atoms with van der Waals surface area (Å²) in [5.74, 6) is 1.38. The predicted molar refractivity (Wildman–Crippen MR) is 82.5 cm³/mol. The third kappa shape index (κ3) is 3.40. The molecule has 1 aliphatic heterocycles. The number of nitrogens with one attached hydrogen (secondary N) is 1. The molecule has 1 aromatic carbocycles. The second-order valence-electron chi connectivity index (χ2n) is 6.33. The van der Waals surface area contributed by atoms with E-state index in [4.69, 9.17) is 0 Å². The summed E-state index contributed by atoms with van der Waals surface area (Å²) in [6.07, 6.45) is 0. The smallest absolute Gasteiger partial charge is 0.227 e. The standard InChI is InChI=1S/C17H26N2O/c1-12(2)15-7-5-14(6-8-15)11-19(4)17(20)16-10-18-9-13(16)3/h5-8,12-13,16,18H,9-11H2,1-4H3/t13-,16-/m1/s1. The van der Waals surface area contributed by atoms with Crippen molar-refractivity contribution in [2.45, 2.75) is 33.2 Å². The molecule has 2 atom stereocenters. The van der Waals surface area contributed by atoms with Crippen molar-refractivity contribution < 1.29 is 4.79 Å². The van der Waals surface area contributed by atoms with Crippen LogP contribution >= 0.6 is 0 Å². The molecule has 2 rings (SSSR count). The van der Waals surface area contributed by atoms with Crippen LogP contribution in [-0.4, -0.2) is 30.9 Å². The maximum absolute atomic E-state index is 12.4. The molecular formula is C17H26N2O. The van der Waals surface area contributed by atoms with E-state index in [1.165, 1.54) is 11.1 Å². The summed E-state index contributed by atoms with van der Waals surface area (Å²) in [5, 5.41) is 3.29. The van der Waals surface area contributed by atoms with E-state index in [-0.39, 0.29) is 11.8 Å². The second-order valence-corrected chi connectivity index (χ2v) is 6.33. The second kappa shape index (κ2) is 6.40. The van der Waals surface area contributed by atoms with Crippen molar-refractivity contribution in [1.29, 1.82) is 0 Å². The van der Waals surface area contributed by atoms with E-state index in [0.717, 1.165) is 13.1 Å². The van der Waals surface area contributed by atoms with E-state index < -0.39 is 0 Å². The highest BCUT2D eigenvalue weighted by Crippen LogP contribution is 2.20. The van der Waals surface area contributed by atoms with Crippen LogP contribution in [0.3, 0.4) is 0 Å². The number of benzene rings is 1. The van der Waals surface area contributed by atoms with Gasteiger partial charge >= 0.3 is 0 Å². The van der Waals surface area contributed by atoms with Gasteiger partial charge in [0, 0.05) is 20.1 Å². The molecule has 3 heteroatoms. The van der Waals surface area contributed by atoms with E-state index in [0.29, 0.717) is 18.4 Å². The van der Waals surface area contributed by atoms with Crippen LogP contribution in [0.4, 0.5) is 0 Å². The van der Waals surface area contributed by atoms with Gasteiger partial charge in [0.25, 0.3) is 0 Å². The van der Waals surface area contributed by atoms with Gasteiger partial charge in [-0.15, -0.1) is 0 Å². The molecule has 0 unspecified atom stereocenters. The average molecular weight is 274 g/mol. The topological polar surface area (TPSA) is 32.3 Å². The largest absolute Gasteiger partial charge is 0.341 e. The maximum atomic E-state index is 12.4. The SMILES string of the molecule is CC(C)c1ccc(CN(C)C(=O)[C@@H]2CNC[C@H]2C)cc1. The summed E-state index contributed by atoms with van der Waals surface area (Å²) >= 11 is 0. The molecule has 3 nitrogen and oxygen atoms in total. The first kappa shape index (κ1) is 15.0. The molecule has 1 fully saturated rings. The molecule has 1 aliphatic rings. The number of amides is 1. The number of hydrogen-bond donors (Lipinski definition) is 1. The van der Waals surface area contributed by atoms with E-state index in [1.54, 1.807) is 0 Å². The molecule has 1 saturated heterocycles. The Morgan fingerprint density at radius 3 is 2.45 bits per heavy atom. The van der Waals surface area contributed by atoms with Crippen molar-refractivity contribution in [3.63, 3.8) is 0 Å². The Balaban J connectivity index is 1.96. The zero-order chi connectivity index (χ0) is 14.7. The van der Waals surface area contributed by atoms with Crippen LogP contribution in [-0.2, 0) is 11.3 Å². The Morgan fingerprint density at radius 2 is 1.95 bits per heavy atom. The monoisotopic (exact) mass is 274 g/mol. The Morgan fingerprint density at radius 1 is 1.30 bits per heavy atom. The molecule has 0 saturated carbocycles. The van der Waals surface area contributed by atoms with Crippen molar-refractivity contribution in [2.75, 3.05) is 20.1 Å². The molecule has 1 heterocycles. The van der Waals surface area contributed by atoms with Crippen LogP contribution in [0, 0.1) is 11.8 Å². The lowest BCUT2D eigenvalue weighted by molar-refractivity contribution is -0.135. The van der Waals surface area contributed by atoms with Gasteiger partial charge < -0.3 is 10.2 Å². The van der Waals surface area contributed by atoms with Crippen molar-refractivity contribution in [2.24, 2.45) is 11.8 Å². The van der Waals surface area contributed by atoms with Crippen molar-refractivity contribution >= 4 is 5.91 Å². The number of carbonyl (C=O) groups is 1. The summed E-state index contributed by atoms with van der Waals surface area (Å²) in [7, 11) is 1.91. The third-order valence-corrected chi connectivity index (χ3v) is 4.28. The van der Waals surface area contributed by atoms with Gasteiger partial charge in [-0.2, -0.15) is 0 Å². The fraction of sp³-hybridized carbons (Fsp3) is 0.588. The molecule has 0 aliphatic carbocycles.